The first kappa shape index (κ1) is 18.7. The Hall–Kier alpha value is -3.31. The SMILES string of the molecule is O=c1cc(Cn2cc3ccccc3c2)occ1OCc1ccc(C2(O)CCC2)cc1. The topological polar surface area (TPSA) is 64.6 Å². The van der Waals surface area contributed by atoms with Crippen LogP contribution in [0, 0.1) is 0 Å². The molecule has 0 radical (unpaired) electrons. The number of rotatable bonds is 6. The molecule has 0 bridgehead atoms. The lowest BCUT2D eigenvalue weighted by Crippen LogP contribution is -2.33. The van der Waals surface area contributed by atoms with E-state index in [0.29, 0.717) is 12.3 Å². The summed E-state index contributed by atoms with van der Waals surface area (Å²) in [4.78, 5) is 12.4. The molecule has 0 saturated heterocycles. The molecule has 1 fully saturated rings. The molecule has 2 aromatic heterocycles. The van der Waals surface area contributed by atoms with Gasteiger partial charge in [0, 0.05) is 18.5 Å². The number of benzene rings is 2. The molecule has 0 atom stereocenters. The van der Waals surface area contributed by atoms with Crippen LogP contribution in [0.2, 0.25) is 0 Å². The number of hydrogen-bond acceptors (Lipinski definition) is 4. The molecule has 1 N–H and O–H groups in total. The quantitative estimate of drug-likeness (QED) is 0.513. The second-order valence-electron chi connectivity index (χ2n) is 8.01. The predicted octanol–water partition coefficient (Wildman–Crippen LogP) is 4.59. The number of nitrogens with zero attached hydrogens (tertiary/aromatic N) is 1. The zero-order valence-electron chi connectivity index (χ0n) is 16.6. The standard InChI is InChI=1S/C25H23NO4/c27-23-12-22(15-26-13-19-4-1-2-5-20(19)14-26)29-17-24(23)30-16-18-6-8-21(9-7-18)25(28)10-3-11-25/h1-2,4-9,12-14,17,28H,3,10-11,15-16H2. The van der Waals surface area contributed by atoms with Crippen molar-refractivity contribution in [3.63, 3.8) is 0 Å². The molecular weight excluding hydrogens is 378 g/mol. The highest BCUT2D eigenvalue weighted by atomic mass is 16.5. The van der Waals surface area contributed by atoms with Gasteiger partial charge in [0.2, 0.25) is 11.2 Å². The maximum Gasteiger partial charge on any atom is 0.227 e. The Morgan fingerprint density at radius 1 is 1.03 bits per heavy atom. The highest BCUT2D eigenvalue weighted by molar-refractivity contribution is 5.82. The van der Waals surface area contributed by atoms with E-state index >= 15 is 0 Å². The van der Waals surface area contributed by atoms with Gasteiger partial charge in [-0.2, -0.15) is 0 Å². The van der Waals surface area contributed by atoms with Crippen LogP contribution in [0.4, 0.5) is 0 Å². The Kier molecular flexibility index (Phi) is 4.68. The minimum atomic E-state index is -0.665. The van der Waals surface area contributed by atoms with E-state index in [4.69, 9.17) is 9.15 Å². The van der Waals surface area contributed by atoms with Gasteiger partial charge in [0.05, 0.1) is 12.1 Å². The first-order valence-electron chi connectivity index (χ1n) is 10.2. The van der Waals surface area contributed by atoms with Crippen LogP contribution < -0.4 is 10.2 Å². The number of aromatic nitrogens is 1. The summed E-state index contributed by atoms with van der Waals surface area (Å²) in [5, 5.41) is 12.7. The molecule has 0 aliphatic heterocycles. The molecule has 1 aliphatic carbocycles. The third kappa shape index (κ3) is 3.64. The fraction of sp³-hybridized carbons (Fsp3) is 0.240. The average molecular weight is 401 g/mol. The largest absolute Gasteiger partial charge is 0.482 e. The van der Waals surface area contributed by atoms with Gasteiger partial charge in [0.25, 0.3) is 0 Å². The molecule has 152 valence electrons. The molecule has 0 amide bonds. The highest BCUT2D eigenvalue weighted by Crippen LogP contribution is 2.40. The van der Waals surface area contributed by atoms with Gasteiger partial charge < -0.3 is 18.8 Å². The fourth-order valence-corrected chi connectivity index (χ4v) is 3.91. The minimum absolute atomic E-state index is 0.193. The second-order valence-corrected chi connectivity index (χ2v) is 8.01. The maximum absolute atomic E-state index is 12.4. The van der Waals surface area contributed by atoms with Gasteiger partial charge in [-0.3, -0.25) is 4.79 Å². The van der Waals surface area contributed by atoms with Crippen molar-refractivity contribution in [1.82, 2.24) is 4.57 Å². The summed E-state index contributed by atoms with van der Waals surface area (Å²) >= 11 is 0. The monoisotopic (exact) mass is 401 g/mol. The van der Waals surface area contributed by atoms with Gasteiger partial charge >= 0.3 is 0 Å². The van der Waals surface area contributed by atoms with Crippen LogP contribution >= 0.6 is 0 Å². The van der Waals surface area contributed by atoms with Gasteiger partial charge in [-0.25, -0.2) is 0 Å². The van der Waals surface area contributed by atoms with E-state index in [1.165, 1.54) is 12.3 Å². The lowest BCUT2D eigenvalue weighted by molar-refractivity contribution is -0.0388. The van der Waals surface area contributed by atoms with Gasteiger partial charge in [-0.1, -0.05) is 48.5 Å². The summed E-state index contributed by atoms with van der Waals surface area (Å²) in [6, 6.07) is 17.3. The van der Waals surface area contributed by atoms with Crippen molar-refractivity contribution in [3.05, 3.63) is 100 Å². The molecule has 5 heteroatoms. The van der Waals surface area contributed by atoms with E-state index in [1.807, 2.05) is 53.4 Å². The summed E-state index contributed by atoms with van der Waals surface area (Å²) in [5.41, 5.74) is 1.01. The second kappa shape index (κ2) is 7.50. The van der Waals surface area contributed by atoms with Gasteiger partial charge in [0.1, 0.15) is 18.6 Å². The summed E-state index contributed by atoms with van der Waals surface area (Å²) in [6.07, 6.45) is 8.14. The maximum atomic E-state index is 12.4. The smallest absolute Gasteiger partial charge is 0.227 e. The summed E-state index contributed by atoms with van der Waals surface area (Å²) in [5.74, 6) is 0.767. The van der Waals surface area contributed by atoms with E-state index in [2.05, 4.69) is 12.1 Å². The molecule has 1 saturated carbocycles. The third-order valence-corrected chi connectivity index (χ3v) is 5.86. The Bertz CT molecular complexity index is 1200. The molecule has 5 rings (SSSR count). The van der Waals surface area contributed by atoms with Gasteiger partial charge in [-0.05, 0) is 41.2 Å². The van der Waals surface area contributed by atoms with Crippen LogP contribution in [0.5, 0.6) is 5.75 Å². The van der Waals surface area contributed by atoms with Crippen LogP contribution in [0.1, 0.15) is 36.1 Å². The Labute approximate surface area is 174 Å². The Balaban J connectivity index is 1.24. The zero-order chi connectivity index (χ0) is 20.6. The van der Waals surface area contributed by atoms with Crippen molar-refractivity contribution in [2.75, 3.05) is 0 Å². The Morgan fingerprint density at radius 3 is 2.33 bits per heavy atom. The van der Waals surface area contributed by atoms with Crippen molar-refractivity contribution >= 4 is 10.8 Å². The summed E-state index contributed by atoms with van der Waals surface area (Å²) in [7, 11) is 0. The number of fused-ring (bicyclic) bond motifs is 1. The van der Waals surface area contributed by atoms with Crippen molar-refractivity contribution < 1.29 is 14.3 Å². The van der Waals surface area contributed by atoms with Crippen LogP contribution in [0.25, 0.3) is 10.8 Å². The Morgan fingerprint density at radius 2 is 1.73 bits per heavy atom. The fourth-order valence-electron chi connectivity index (χ4n) is 3.91. The van der Waals surface area contributed by atoms with Gasteiger partial charge in [0.15, 0.2) is 0 Å². The van der Waals surface area contributed by atoms with Crippen molar-refractivity contribution in [1.29, 1.82) is 0 Å². The van der Waals surface area contributed by atoms with Crippen LogP contribution in [0.15, 0.2) is 82.5 Å². The van der Waals surface area contributed by atoms with E-state index in [9.17, 15) is 9.90 Å². The number of hydrogen-bond donors (Lipinski definition) is 1. The van der Waals surface area contributed by atoms with Crippen LogP contribution in [-0.4, -0.2) is 9.67 Å². The van der Waals surface area contributed by atoms with E-state index < -0.39 is 5.60 Å². The predicted molar refractivity (Wildman–Crippen MR) is 115 cm³/mol. The first-order chi connectivity index (χ1) is 14.6. The molecule has 2 aromatic carbocycles. The normalized spacial score (nSPS) is 15.1. The molecule has 0 unspecified atom stereocenters. The average Bonchev–Trinajstić information content (AvgIpc) is 3.14. The lowest BCUT2D eigenvalue weighted by atomic mass is 9.75. The molecule has 4 aromatic rings. The van der Waals surface area contributed by atoms with E-state index in [1.54, 1.807) is 0 Å². The number of ether oxygens (including phenoxy) is 1. The molecule has 30 heavy (non-hydrogen) atoms. The molecule has 0 spiro atoms. The van der Waals surface area contributed by atoms with E-state index in [-0.39, 0.29) is 17.8 Å². The van der Waals surface area contributed by atoms with Crippen LogP contribution in [0.3, 0.4) is 0 Å². The molecule has 1 aliphatic rings. The lowest BCUT2D eigenvalue weighted by Gasteiger charge is -2.37. The van der Waals surface area contributed by atoms with Crippen molar-refractivity contribution in [2.24, 2.45) is 0 Å². The molecular formula is C25H23NO4. The van der Waals surface area contributed by atoms with Crippen molar-refractivity contribution in [2.45, 2.75) is 38.0 Å². The summed E-state index contributed by atoms with van der Waals surface area (Å²) in [6.45, 7) is 0.750. The highest BCUT2D eigenvalue weighted by Gasteiger charge is 2.35. The first-order valence-corrected chi connectivity index (χ1v) is 10.2. The minimum Gasteiger partial charge on any atom is -0.482 e. The number of aliphatic hydroxyl groups is 1. The third-order valence-electron chi connectivity index (χ3n) is 5.86. The van der Waals surface area contributed by atoms with E-state index in [0.717, 1.165) is 41.2 Å². The van der Waals surface area contributed by atoms with Crippen molar-refractivity contribution in [3.8, 4) is 5.75 Å². The molecule has 2 heterocycles. The zero-order valence-corrected chi connectivity index (χ0v) is 16.6. The molecule has 5 nitrogen and oxygen atoms in total. The van der Waals surface area contributed by atoms with Gasteiger partial charge in [-0.15, -0.1) is 0 Å². The van der Waals surface area contributed by atoms with Crippen LogP contribution in [-0.2, 0) is 18.8 Å². The summed E-state index contributed by atoms with van der Waals surface area (Å²) < 4.78 is 13.3.